The van der Waals surface area contributed by atoms with Crippen LogP contribution in [0.25, 0.3) is 5.65 Å². The van der Waals surface area contributed by atoms with Crippen molar-refractivity contribution in [3.05, 3.63) is 28.5 Å². The molecule has 0 spiro atoms. The molecule has 1 aliphatic rings. The topological polar surface area (TPSA) is 77.0 Å². The van der Waals surface area contributed by atoms with E-state index in [9.17, 15) is 0 Å². The van der Waals surface area contributed by atoms with Crippen molar-refractivity contribution in [1.82, 2.24) is 35.0 Å². The molecule has 1 aliphatic heterocycles. The lowest BCUT2D eigenvalue weighted by Crippen LogP contribution is -2.25. The summed E-state index contributed by atoms with van der Waals surface area (Å²) < 4.78 is 3.38. The fourth-order valence-electron chi connectivity index (χ4n) is 3.55. The van der Waals surface area contributed by atoms with Crippen molar-refractivity contribution in [2.45, 2.75) is 46.2 Å². The van der Waals surface area contributed by atoms with Crippen LogP contribution in [0.2, 0.25) is 5.15 Å². The second-order valence-corrected chi connectivity index (χ2v) is 7.29. The number of aryl methyl sites for hydroxylation is 1. The van der Waals surface area contributed by atoms with Crippen molar-refractivity contribution >= 4 is 23.1 Å². The minimum absolute atomic E-state index is 0.176. The first kappa shape index (κ1) is 16.3. The van der Waals surface area contributed by atoms with Gasteiger partial charge in [0.2, 0.25) is 0 Å². The Kier molecular flexibility index (Phi) is 4.07. The summed E-state index contributed by atoms with van der Waals surface area (Å²) in [6, 6.07) is 4.02. The van der Waals surface area contributed by atoms with Gasteiger partial charge < -0.3 is 4.90 Å². The summed E-state index contributed by atoms with van der Waals surface area (Å²) in [4.78, 5) is 2.27. The standard InChI is InChI=1S/C16H21ClN8/c1-10(2)9-24-16(17)15(11(3)19-24)12-5-4-8-23(12)14-7-6-13-18-21-22-25(13)20-14/h6-7,10,12H,4-5,8-9H2,1-3H3. The van der Waals surface area contributed by atoms with E-state index in [0.29, 0.717) is 11.6 Å². The molecule has 3 aromatic rings. The highest BCUT2D eigenvalue weighted by Gasteiger charge is 2.32. The van der Waals surface area contributed by atoms with E-state index in [1.165, 1.54) is 4.63 Å². The minimum Gasteiger partial charge on any atom is -0.348 e. The third-order valence-electron chi connectivity index (χ3n) is 4.58. The minimum atomic E-state index is 0.176. The predicted octanol–water partition coefficient (Wildman–Crippen LogP) is 2.68. The lowest BCUT2D eigenvalue weighted by Gasteiger charge is -2.25. The van der Waals surface area contributed by atoms with Crippen molar-refractivity contribution in [3.63, 3.8) is 0 Å². The summed E-state index contributed by atoms with van der Waals surface area (Å²) in [5.41, 5.74) is 2.74. The summed E-state index contributed by atoms with van der Waals surface area (Å²) in [5.74, 6) is 1.35. The normalized spacial score (nSPS) is 18.0. The molecule has 0 radical (unpaired) electrons. The second-order valence-electron chi connectivity index (χ2n) is 6.94. The van der Waals surface area contributed by atoms with Crippen LogP contribution >= 0.6 is 11.6 Å². The summed E-state index contributed by atoms with van der Waals surface area (Å²) in [6.45, 7) is 8.12. The van der Waals surface area contributed by atoms with Crippen molar-refractivity contribution in [1.29, 1.82) is 0 Å². The van der Waals surface area contributed by atoms with Crippen LogP contribution in [0.15, 0.2) is 12.1 Å². The Balaban J connectivity index is 1.71. The molecule has 1 fully saturated rings. The number of hydrogen-bond donors (Lipinski definition) is 0. The molecular weight excluding hydrogens is 340 g/mol. The van der Waals surface area contributed by atoms with Crippen LogP contribution in [-0.4, -0.2) is 41.6 Å². The summed E-state index contributed by atoms with van der Waals surface area (Å²) in [7, 11) is 0. The summed E-state index contributed by atoms with van der Waals surface area (Å²) >= 11 is 6.70. The molecular formula is C16H21ClN8. The molecule has 4 rings (SSSR count). The number of fused-ring (bicyclic) bond motifs is 1. The number of halogens is 1. The molecule has 0 amide bonds. The molecule has 1 atom stereocenters. The molecule has 4 heterocycles. The Morgan fingerprint density at radius 2 is 2.12 bits per heavy atom. The first-order valence-corrected chi connectivity index (χ1v) is 8.97. The maximum absolute atomic E-state index is 6.70. The second kappa shape index (κ2) is 6.25. The van der Waals surface area contributed by atoms with E-state index in [0.717, 1.165) is 48.2 Å². The molecule has 8 nitrogen and oxygen atoms in total. The molecule has 0 saturated carbocycles. The van der Waals surface area contributed by atoms with Gasteiger partial charge in [0.05, 0.1) is 11.7 Å². The van der Waals surface area contributed by atoms with Crippen molar-refractivity contribution < 1.29 is 0 Å². The lowest BCUT2D eigenvalue weighted by molar-refractivity contribution is 0.481. The van der Waals surface area contributed by atoms with E-state index < -0.39 is 0 Å². The van der Waals surface area contributed by atoms with Crippen LogP contribution in [0.4, 0.5) is 5.82 Å². The number of rotatable bonds is 4. The van der Waals surface area contributed by atoms with Gasteiger partial charge in [0.25, 0.3) is 0 Å². The molecule has 1 saturated heterocycles. The summed E-state index contributed by atoms with van der Waals surface area (Å²) in [6.07, 6.45) is 2.12. The van der Waals surface area contributed by atoms with Gasteiger partial charge in [-0.25, -0.2) is 0 Å². The first-order valence-electron chi connectivity index (χ1n) is 8.59. The predicted molar refractivity (Wildman–Crippen MR) is 94.7 cm³/mol. The van der Waals surface area contributed by atoms with Crippen LogP contribution in [0, 0.1) is 12.8 Å². The quantitative estimate of drug-likeness (QED) is 0.711. The molecule has 132 valence electrons. The largest absolute Gasteiger partial charge is 0.348 e. The summed E-state index contributed by atoms with van der Waals surface area (Å²) in [5, 5.41) is 21.4. The number of nitrogens with zero attached hydrogens (tertiary/aromatic N) is 8. The van der Waals surface area contributed by atoms with Crippen molar-refractivity contribution in [3.8, 4) is 0 Å². The Hall–Kier alpha value is -2.22. The number of hydrogen-bond acceptors (Lipinski definition) is 6. The monoisotopic (exact) mass is 360 g/mol. The smallest absolute Gasteiger partial charge is 0.200 e. The zero-order valence-corrected chi connectivity index (χ0v) is 15.3. The van der Waals surface area contributed by atoms with E-state index in [2.05, 4.69) is 44.5 Å². The molecule has 25 heavy (non-hydrogen) atoms. The number of tetrazole rings is 1. The zero-order valence-electron chi connectivity index (χ0n) is 14.6. The Morgan fingerprint density at radius 3 is 2.92 bits per heavy atom. The van der Waals surface area contributed by atoms with Crippen LogP contribution in [0.3, 0.4) is 0 Å². The fraction of sp³-hybridized carbons (Fsp3) is 0.562. The highest BCUT2D eigenvalue weighted by atomic mass is 35.5. The van der Waals surface area contributed by atoms with Gasteiger partial charge in [-0.15, -0.1) is 14.8 Å². The first-order chi connectivity index (χ1) is 12.0. The van der Waals surface area contributed by atoms with E-state index in [-0.39, 0.29) is 6.04 Å². The Labute approximate surface area is 150 Å². The zero-order chi connectivity index (χ0) is 17.6. The fourth-order valence-corrected chi connectivity index (χ4v) is 3.92. The van der Waals surface area contributed by atoms with Gasteiger partial charge in [0.15, 0.2) is 11.5 Å². The Bertz CT molecular complexity index is 899. The highest BCUT2D eigenvalue weighted by Crippen LogP contribution is 2.39. The van der Waals surface area contributed by atoms with Crippen LogP contribution in [0.5, 0.6) is 0 Å². The van der Waals surface area contributed by atoms with Gasteiger partial charge >= 0.3 is 0 Å². The van der Waals surface area contributed by atoms with E-state index in [4.69, 9.17) is 11.6 Å². The van der Waals surface area contributed by atoms with E-state index >= 15 is 0 Å². The molecule has 9 heteroatoms. The molecule has 1 unspecified atom stereocenters. The molecule has 0 N–H and O–H groups in total. The maximum Gasteiger partial charge on any atom is 0.200 e. The third kappa shape index (κ3) is 2.84. The molecule has 0 aromatic carbocycles. The van der Waals surface area contributed by atoms with Gasteiger partial charge in [-0.05, 0) is 48.2 Å². The van der Waals surface area contributed by atoms with Crippen LogP contribution < -0.4 is 4.90 Å². The van der Waals surface area contributed by atoms with E-state index in [1.54, 1.807) is 0 Å². The van der Waals surface area contributed by atoms with Gasteiger partial charge in [-0.3, -0.25) is 4.68 Å². The average molecular weight is 361 g/mol. The molecule has 0 aliphatic carbocycles. The van der Waals surface area contributed by atoms with Crippen LogP contribution in [0.1, 0.15) is 44.0 Å². The SMILES string of the molecule is Cc1nn(CC(C)C)c(Cl)c1C1CCCN1c1ccc2nnnn2n1. The Morgan fingerprint density at radius 1 is 1.28 bits per heavy atom. The van der Waals surface area contributed by atoms with Gasteiger partial charge in [-0.1, -0.05) is 25.4 Å². The van der Waals surface area contributed by atoms with Crippen LogP contribution in [-0.2, 0) is 6.54 Å². The number of anilines is 1. The number of aromatic nitrogens is 7. The van der Waals surface area contributed by atoms with Gasteiger partial charge in [0, 0.05) is 18.7 Å². The van der Waals surface area contributed by atoms with Crippen molar-refractivity contribution in [2.75, 3.05) is 11.4 Å². The lowest BCUT2D eigenvalue weighted by atomic mass is 10.1. The maximum atomic E-state index is 6.70. The average Bonchev–Trinajstić information content (AvgIpc) is 3.26. The molecule has 3 aromatic heterocycles. The van der Waals surface area contributed by atoms with Gasteiger partial charge in [-0.2, -0.15) is 5.10 Å². The molecule has 0 bridgehead atoms. The van der Waals surface area contributed by atoms with E-state index in [1.807, 2.05) is 23.7 Å². The van der Waals surface area contributed by atoms with Crippen molar-refractivity contribution in [2.24, 2.45) is 5.92 Å². The highest BCUT2D eigenvalue weighted by molar-refractivity contribution is 6.30. The third-order valence-corrected chi connectivity index (χ3v) is 4.98. The van der Waals surface area contributed by atoms with Gasteiger partial charge in [0.1, 0.15) is 5.15 Å².